The number of fused-ring (bicyclic) bond motifs is 1. The van der Waals surface area contributed by atoms with Gasteiger partial charge >= 0.3 is 0 Å². The molecule has 4 rings (SSSR count). The monoisotopic (exact) mass is 462 g/mol. The Morgan fingerprint density at radius 2 is 1.88 bits per heavy atom. The number of aryl methyl sites for hydroxylation is 3. The Kier molecular flexibility index (Phi) is 7.22. The lowest BCUT2D eigenvalue weighted by atomic mass is 9.94. The second-order valence-corrected chi connectivity index (χ2v) is 8.68. The molecule has 1 aromatic heterocycles. The minimum Gasteiger partial charge on any atom is -0.497 e. The van der Waals surface area contributed by atoms with Gasteiger partial charge in [-0.05, 0) is 43.9 Å². The number of likely N-dealkylation sites (N-methyl/N-ethyl adjacent to an activating group) is 1. The van der Waals surface area contributed by atoms with E-state index in [1.165, 1.54) is 5.69 Å². The average molecular weight is 463 g/mol. The summed E-state index contributed by atoms with van der Waals surface area (Å²) in [6.45, 7) is 5.70. The van der Waals surface area contributed by atoms with Crippen molar-refractivity contribution in [1.29, 1.82) is 0 Å². The minimum atomic E-state index is -0.377. The molecular weight excluding hydrogens is 428 g/mol. The quantitative estimate of drug-likeness (QED) is 0.548. The van der Waals surface area contributed by atoms with Crippen molar-refractivity contribution in [2.75, 3.05) is 27.8 Å². The number of amides is 1. The number of nitrogens with one attached hydrogen (secondary N) is 1. The van der Waals surface area contributed by atoms with Gasteiger partial charge in [-0.3, -0.25) is 9.69 Å². The zero-order valence-corrected chi connectivity index (χ0v) is 20.7. The third kappa shape index (κ3) is 4.53. The number of hydrogen-bond donors (Lipinski definition) is 1. The molecule has 2 heterocycles. The fourth-order valence-corrected chi connectivity index (χ4v) is 5.19. The van der Waals surface area contributed by atoms with Crippen LogP contribution in [0.1, 0.15) is 46.8 Å². The highest BCUT2D eigenvalue weighted by Gasteiger charge is 2.38. The third-order valence-corrected chi connectivity index (χ3v) is 6.80. The molecule has 2 aromatic carbocycles. The Bertz CT molecular complexity index is 1140. The average Bonchev–Trinajstić information content (AvgIpc) is 3.16. The molecule has 1 amide bonds. The maximum absolute atomic E-state index is 13.2. The van der Waals surface area contributed by atoms with Crippen LogP contribution in [0.4, 0.5) is 0 Å². The smallest absolute Gasteiger partial charge is 0.241 e. The van der Waals surface area contributed by atoms with Gasteiger partial charge in [0.2, 0.25) is 5.91 Å². The number of rotatable bonds is 8. The first kappa shape index (κ1) is 23.8. The van der Waals surface area contributed by atoms with E-state index in [0.29, 0.717) is 0 Å². The fourth-order valence-electron chi connectivity index (χ4n) is 5.19. The first-order chi connectivity index (χ1) is 16.5. The number of carbonyl (C=O) groups is 1. The number of carbonyl (C=O) groups excluding carboxylic acids is 1. The molecule has 34 heavy (non-hydrogen) atoms. The summed E-state index contributed by atoms with van der Waals surface area (Å²) >= 11 is 0. The zero-order valence-electron chi connectivity index (χ0n) is 20.7. The molecule has 0 fully saturated rings. The summed E-state index contributed by atoms with van der Waals surface area (Å²) in [5.74, 6) is 2.61. The number of ether oxygens (including phenoxy) is 2. The van der Waals surface area contributed by atoms with E-state index in [1.807, 2.05) is 42.5 Å². The molecule has 0 saturated heterocycles. The Labute approximate surface area is 201 Å². The SMILES string of the molecule is CNC(=O)[C@@H](c1ccccc1)N1CCn2c(C)nc(C)c2C1CCc1ccc(OC)cc1OC. The lowest BCUT2D eigenvalue weighted by Crippen LogP contribution is -2.46. The molecule has 1 aliphatic heterocycles. The zero-order chi connectivity index (χ0) is 24.2. The van der Waals surface area contributed by atoms with Crippen LogP contribution in [0, 0.1) is 13.8 Å². The van der Waals surface area contributed by atoms with E-state index in [2.05, 4.69) is 34.7 Å². The van der Waals surface area contributed by atoms with Crippen LogP contribution in [-0.2, 0) is 17.8 Å². The number of benzene rings is 2. The number of nitrogens with zero attached hydrogens (tertiary/aromatic N) is 3. The van der Waals surface area contributed by atoms with Gasteiger partial charge in [-0.25, -0.2) is 4.98 Å². The highest BCUT2D eigenvalue weighted by Crippen LogP contribution is 2.39. The Hall–Kier alpha value is -3.32. The number of imidazole rings is 1. The van der Waals surface area contributed by atoms with E-state index in [0.717, 1.165) is 60.1 Å². The molecule has 0 radical (unpaired) electrons. The van der Waals surface area contributed by atoms with Crippen molar-refractivity contribution in [1.82, 2.24) is 19.8 Å². The number of methoxy groups -OCH3 is 2. The standard InChI is InChI=1S/C27H34N4O3/c1-18-25-23(14-12-20-11-13-22(33-4)17-24(20)34-5)31(16-15-30(25)19(2)29-18)26(27(32)28-3)21-9-7-6-8-10-21/h6-11,13,17,23,26H,12,14-16H2,1-5H3,(H,28,32)/t23?,26-/m1/s1. The summed E-state index contributed by atoms with van der Waals surface area (Å²) in [6, 6.07) is 15.6. The van der Waals surface area contributed by atoms with E-state index >= 15 is 0 Å². The van der Waals surface area contributed by atoms with Crippen LogP contribution in [0.3, 0.4) is 0 Å². The largest absolute Gasteiger partial charge is 0.497 e. The van der Waals surface area contributed by atoms with Gasteiger partial charge in [0.1, 0.15) is 23.4 Å². The summed E-state index contributed by atoms with van der Waals surface area (Å²) in [7, 11) is 5.05. The molecule has 1 unspecified atom stereocenters. The van der Waals surface area contributed by atoms with Crippen molar-refractivity contribution in [3.8, 4) is 11.5 Å². The fraction of sp³-hybridized carbons (Fsp3) is 0.407. The van der Waals surface area contributed by atoms with Crippen molar-refractivity contribution in [2.45, 2.75) is 45.3 Å². The molecule has 1 N–H and O–H groups in total. The van der Waals surface area contributed by atoms with Gasteiger partial charge in [0, 0.05) is 26.2 Å². The molecule has 180 valence electrons. The summed E-state index contributed by atoms with van der Waals surface area (Å²) in [4.78, 5) is 20.3. The molecular formula is C27H34N4O3. The van der Waals surface area contributed by atoms with E-state index < -0.39 is 0 Å². The highest BCUT2D eigenvalue weighted by molar-refractivity contribution is 5.83. The summed E-state index contributed by atoms with van der Waals surface area (Å²) in [5.41, 5.74) is 4.33. The predicted molar refractivity (Wildman–Crippen MR) is 132 cm³/mol. The maximum Gasteiger partial charge on any atom is 0.241 e. The lowest BCUT2D eigenvalue weighted by molar-refractivity contribution is -0.128. The summed E-state index contributed by atoms with van der Waals surface area (Å²) < 4.78 is 13.3. The van der Waals surface area contributed by atoms with E-state index in [-0.39, 0.29) is 18.0 Å². The summed E-state index contributed by atoms with van der Waals surface area (Å²) in [6.07, 6.45) is 1.63. The third-order valence-electron chi connectivity index (χ3n) is 6.80. The van der Waals surface area contributed by atoms with Crippen LogP contribution in [0.15, 0.2) is 48.5 Å². The van der Waals surface area contributed by atoms with E-state index in [1.54, 1.807) is 21.3 Å². The molecule has 0 aliphatic carbocycles. The molecule has 7 nitrogen and oxygen atoms in total. The summed E-state index contributed by atoms with van der Waals surface area (Å²) in [5, 5.41) is 2.89. The van der Waals surface area contributed by atoms with Crippen LogP contribution >= 0.6 is 0 Å². The highest BCUT2D eigenvalue weighted by atomic mass is 16.5. The lowest BCUT2D eigenvalue weighted by Gasteiger charge is -2.41. The van der Waals surface area contributed by atoms with Crippen molar-refractivity contribution < 1.29 is 14.3 Å². The van der Waals surface area contributed by atoms with Crippen molar-refractivity contribution in [2.24, 2.45) is 0 Å². The van der Waals surface area contributed by atoms with Crippen molar-refractivity contribution >= 4 is 5.91 Å². The first-order valence-electron chi connectivity index (χ1n) is 11.7. The van der Waals surface area contributed by atoms with E-state index in [4.69, 9.17) is 14.5 Å². The van der Waals surface area contributed by atoms with Gasteiger partial charge in [-0.1, -0.05) is 36.4 Å². The normalized spacial score (nSPS) is 16.6. The predicted octanol–water partition coefficient (Wildman–Crippen LogP) is 3.99. The second kappa shape index (κ2) is 10.3. The van der Waals surface area contributed by atoms with Crippen molar-refractivity contribution in [3.05, 3.63) is 76.9 Å². The Balaban J connectivity index is 1.73. The van der Waals surface area contributed by atoms with Crippen LogP contribution < -0.4 is 14.8 Å². The van der Waals surface area contributed by atoms with Crippen molar-refractivity contribution in [3.63, 3.8) is 0 Å². The van der Waals surface area contributed by atoms with Gasteiger partial charge in [0.15, 0.2) is 0 Å². The Morgan fingerprint density at radius 3 is 2.56 bits per heavy atom. The molecule has 1 aliphatic rings. The molecule has 0 saturated carbocycles. The van der Waals surface area contributed by atoms with Crippen LogP contribution in [0.5, 0.6) is 11.5 Å². The van der Waals surface area contributed by atoms with Gasteiger partial charge in [0.25, 0.3) is 0 Å². The molecule has 7 heteroatoms. The molecule has 3 aromatic rings. The topological polar surface area (TPSA) is 68.6 Å². The van der Waals surface area contributed by atoms with E-state index in [9.17, 15) is 4.79 Å². The van der Waals surface area contributed by atoms with Crippen LogP contribution in [-0.4, -0.2) is 48.2 Å². The number of hydrogen-bond acceptors (Lipinski definition) is 5. The second-order valence-electron chi connectivity index (χ2n) is 8.68. The van der Waals surface area contributed by atoms with Gasteiger partial charge in [0.05, 0.1) is 31.6 Å². The molecule has 2 atom stereocenters. The van der Waals surface area contributed by atoms with Crippen LogP contribution in [0.25, 0.3) is 0 Å². The molecule has 0 spiro atoms. The maximum atomic E-state index is 13.2. The first-order valence-corrected chi connectivity index (χ1v) is 11.7. The van der Waals surface area contributed by atoms with Gasteiger partial charge in [-0.2, -0.15) is 0 Å². The van der Waals surface area contributed by atoms with Gasteiger partial charge < -0.3 is 19.4 Å². The minimum absolute atomic E-state index is 0.000526. The molecule has 0 bridgehead atoms. The Morgan fingerprint density at radius 1 is 1.12 bits per heavy atom. The van der Waals surface area contributed by atoms with Gasteiger partial charge in [-0.15, -0.1) is 0 Å². The number of aromatic nitrogens is 2. The van der Waals surface area contributed by atoms with Crippen LogP contribution in [0.2, 0.25) is 0 Å².